The molecule has 0 unspecified atom stereocenters. The lowest BCUT2D eigenvalue weighted by molar-refractivity contribution is -0.148. The van der Waals surface area contributed by atoms with Crippen molar-refractivity contribution in [2.75, 3.05) is 13.7 Å². The molecule has 142 valence electrons. The predicted octanol–water partition coefficient (Wildman–Crippen LogP) is 2.10. The van der Waals surface area contributed by atoms with Gasteiger partial charge in [-0.25, -0.2) is 0 Å². The second-order valence-corrected chi connectivity index (χ2v) is 6.11. The van der Waals surface area contributed by atoms with Crippen LogP contribution in [0.4, 0.5) is 0 Å². The largest absolute Gasteiger partial charge is 0.497 e. The van der Waals surface area contributed by atoms with Crippen LogP contribution in [0.15, 0.2) is 54.6 Å². The topological polar surface area (TPSA) is 81.7 Å². The Morgan fingerprint density at radius 1 is 1.00 bits per heavy atom. The SMILES string of the molecule is COc1cccc(CC(=O)OCC(=O)N[C@@H](Cc2ccccc2)C(C)=O)c1. The summed E-state index contributed by atoms with van der Waals surface area (Å²) in [4.78, 5) is 35.8. The molecule has 27 heavy (non-hydrogen) atoms. The Balaban J connectivity index is 1.82. The van der Waals surface area contributed by atoms with E-state index in [2.05, 4.69) is 5.32 Å². The van der Waals surface area contributed by atoms with Crippen LogP contribution in [0.5, 0.6) is 5.75 Å². The van der Waals surface area contributed by atoms with Gasteiger partial charge in [0.25, 0.3) is 5.91 Å². The second kappa shape index (κ2) is 10.1. The van der Waals surface area contributed by atoms with Crippen molar-refractivity contribution in [2.45, 2.75) is 25.8 Å². The number of hydrogen-bond acceptors (Lipinski definition) is 5. The van der Waals surface area contributed by atoms with Crippen molar-refractivity contribution >= 4 is 17.7 Å². The van der Waals surface area contributed by atoms with Gasteiger partial charge in [-0.2, -0.15) is 0 Å². The number of Topliss-reactive ketones (excluding diaryl/α,β-unsaturated/α-hetero) is 1. The Kier molecular flexibility index (Phi) is 7.55. The van der Waals surface area contributed by atoms with E-state index in [0.717, 1.165) is 11.1 Å². The van der Waals surface area contributed by atoms with Crippen molar-refractivity contribution in [3.05, 3.63) is 65.7 Å². The van der Waals surface area contributed by atoms with Crippen molar-refractivity contribution in [3.8, 4) is 5.75 Å². The molecule has 0 aromatic heterocycles. The first kappa shape index (κ1) is 20.2. The maximum Gasteiger partial charge on any atom is 0.310 e. The molecule has 0 fully saturated rings. The maximum absolute atomic E-state index is 12.0. The molecule has 0 spiro atoms. The summed E-state index contributed by atoms with van der Waals surface area (Å²) < 4.78 is 10.1. The number of esters is 1. The summed E-state index contributed by atoms with van der Waals surface area (Å²) >= 11 is 0. The first-order valence-corrected chi connectivity index (χ1v) is 8.60. The number of amides is 1. The summed E-state index contributed by atoms with van der Waals surface area (Å²) in [5.41, 5.74) is 1.67. The molecular weight excluding hydrogens is 346 g/mol. The van der Waals surface area contributed by atoms with Gasteiger partial charge >= 0.3 is 5.97 Å². The monoisotopic (exact) mass is 369 g/mol. The van der Waals surface area contributed by atoms with E-state index in [9.17, 15) is 14.4 Å². The van der Waals surface area contributed by atoms with Crippen LogP contribution in [-0.2, 0) is 32.0 Å². The molecule has 1 N–H and O–H groups in total. The molecule has 2 aromatic carbocycles. The predicted molar refractivity (Wildman–Crippen MR) is 100 cm³/mol. The molecule has 0 saturated carbocycles. The average molecular weight is 369 g/mol. The molecule has 6 nitrogen and oxygen atoms in total. The molecule has 0 aliphatic carbocycles. The third-order valence-corrected chi connectivity index (χ3v) is 3.96. The van der Waals surface area contributed by atoms with E-state index in [1.807, 2.05) is 30.3 Å². The lowest BCUT2D eigenvalue weighted by Gasteiger charge is -2.16. The van der Waals surface area contributed by atoms with E-state index >= 15 is 0 Å². The zero-order chi connectivity index (χ0) is 19.6. The standard InChI is InChI=1S/C21H23NO5/c1-15(23)19(12-16-7-4-3-5-8-16)22-20(24)14-27-21(25)13-17-9-6-10-18(11-17)26-2/h3-11,19H,12-14H2,1-2H3,(H,22,24)/t19-/m0/s1. The number of methoxy groups -OCH3 is 1. The Morgan fingerprint density at radius 2 is 1.70 bits per heavy atom. The molecule has 0 radical (unpaired) electrons. The smallest absolute Gasteiger partial charge is 0.310 e. The Bertz CT molecular complexity index is 788. The fraction of sp³-hybridized carbons (Fsp3) is 0.286. The van der Waals surface area contributed by atoms with Crippen molar-refractivity contribution < 1.29 is 23.9 Å². The zero-order valence-electron chi connectivity index (χ0n) is 15.4. The van der Waals surface area contributed by atoms with Crippen molar-refractivity contribution in [3.63, 3.8) is 0 Å². The molecule has 0 bridgehead atoms. The van der Waals surface area contributed by atoms with Crippen LogP contribution in [0.1, 0.15) is 18.1 Å². The van der Waals surface area contributed by atoms with Crippen molar-refractivity contribution in [1.29, 1.82) is 0 Å². The lowest BCUT2D eigenvalue weighted by atomic mass is 10.0. The van der Waals surface area contributed by atoms with E-state index in [1.54, 1.807) is 31.4 Å². The normalized spacial score (nSPS) is 11.3. The van der Waals surface area contributed by atoms with Gasteiger partial charge in [0.2, 0.25) is 0 Å². The van der Waals surface area contributed by atoms with Crippen LogP contribution >= 0.6 is 0 Å². The zero-order valence-corrected chi connectivity index (χ0v) is 15.4. The molecule has 2 rings (SSSR count). The number of hydrogen-bond donors (Lipinski definition) is 1. The molecule has 0 saturated heterocycles. The number of carbonyl (C=O) groups is 3. The van der Waals surface area contributed by atoms with Gasteiger partial charge < -0.3 is 14.8 Å². The first-order valence-electron chi connectivity index (χ1n) is 8.60. The Hall–Kier alpha value is -3.15. The van der Waals surface area contributed by atoms with Gasteiger partial charge in [-0.15, -0.1) is 0 Å². The molecule has 1 amide bonds. The highest BCUT2D eigenvalue weighted by atomic mass is 16.5. The van der Waals surface area contributed by atoms with E-state index in [4.69, 9.17) is 9.47 Å². The highest BCUT2D eigenvalue weighted by Crippen LogP contribution is 2.13. The third kappa shape index (κ3) is 6.93. The Labute approximate surface area is 158 Å². The van der Waals surface area contributed by atoms with Crippen LogP contribution in [0, 0.1) is 0 Å². The van der Waals surface area contributed by atoms with Crippen LogP contribution < -0.4 is 10.1 Å². The molecule has 1 atom stereocenters. The minimum absolute atomic E-state index is 0.0324. The summed E-state index contributed by atoms with van der Waals surface area (Å²) in [5, 5.41) is 2.62. The van der Waals surface area contributed by atoms with Crippen molar-refractivity contribution in [2.24, 2.45) is 0 Å². The number of nitrogens with one attached hydrogen (secondary N) is 1. The molecule has 0 heterocycles. The fourth-order valence-electron chi connectivity index (χ4n) is 2.53. The van der Waals surface area contributed by atoms with Gasteiger partial charge in [-0.3, -0.25) is 14.4 Å². The van der Waals surface area contributed by atoms with Crippen molar-refractivity contribution in [1.82, 2.24) is 5.32 Å². The minimum Gasteiger partial charge on any atom is -0.497 e. The molecule has 0 aliphatic heterocycles. The number of benzene rings is 2. The summed E-state index contributed by atoms with van der Waals surface area (Å²) in [6.07, 6.45) is 0.421. The van der Waals surface area contributed by atoms with Gasteiger partial charge in [0.1, 0.15) is 5.75 Å². The summed E-state index contributed by atoms with van der Waals surface area (Å²) in [5.74, 6) is -0.552. The average Bonchev–Trinajstić information content (AvgIpc) is 2.66. The van der Waals surface area contributed by atoms with Gasteiger partial charge in [-0.1, -0.05) is 42.5 Å². The van der Waals surface area contributed by atoms with Crippen LogP contribution in [0.2, 0.25) is 0 Å². The second-order valence-electron chi connectivity index (χ2n) is 6.11. The van der Waals surface area contributed by atoms with Gasteiger partial charge in [0.15, 0.2) is 12.4 Å². The number of rotatable bonds is 9. The number of ether oxygens (including phenoxy) is 2. The first-order chi connectivity index (χ1) is 13.0. The van der Waals surface area contributed by atoms with Crippen LogP contribution in [0.3, 0.4) is 0 Å². The van der Waals surface area contributed by atoms with Gasteiger partial charge in [0, 0.05) is 0 Å². The summed E-state index contributed by atoms with van der Waals surface area (Å²) in [6.45, 7) is 0.990. The molecule has 0 aliphatic rings. The van der Waals surface area contributed by atoms with E-state index in [0.29, 0.717) is 12.2 Å². The molecule has 6 heteroatoms. The summed E-state index contributed by atoms with van der Waals surface area (Å²) in [7, 11) is 1.54. The van der Waals surface area contributed by atoms with E-state index in [-0.39, 0.29) is 12.2 Å². The molecular formula is C21H23NO5. The minimum atomic E-state index is -0.656. The number of carbonyl (C=O) groups excluding carboxylic acids is 3. The number of ketones is 1. The molecule has 2 aromatic rings. The maximum atomic E-state index is 12.0. The third-order valence-electron chi connectivity index (χ3n) is 3.96. The van der Waals surface area contributed by atoms with E-state index < -0.39 is 24.5 Å². The lowest BCUT2D eigenvalue weighted by Crippen LogP contribution is -2.43. The van der Waals surface area contributed by atoms with Gasteiger partial charge in [-0.05, 0) is 36.6 Å². The fourth-order valence-corrected chi connectivity index (χ4v) is 2.53. The van der Waals surface area contributed by atoms with Crippen LogP contribution in [-0.4, -0.2) is 37.4 Å². The quantitative estimate of drug-likeness (QED) is 0.685. The van der Waals surface area contributed by atoms with Gasteiger partial charge in [0.05, 0.1) is 19.6 Å². The summed E-state index contributed by atoms with van der Waals surface area (Å²) in [6, 6.07) is 15.8. The van der Waals surface area contributed by atoms with E-state index in [1.165, 1.54) is 6.92 Å². The Morgan fingerprint density at radius 3 is 2.37 bits per heavy atom. The highest BCUT2D eigenvalue weighted by molar-refractivity contribution is 5.89. The highest BCUT2D eigenvalue weighted by Gasteiger charge is 2.18. The van der Waals surface area contributed by atoms with Crippen LogP contribution in [0.25, 0.3) is 0 Å².